The molecule has 198 valence electrons. The van der Waals surface area contributed by atoms with Gasteiger partial charge in [0, 0.05) is 24.7 Å². The monoisotopic (exact) mass is 512 g/mol. The van der Waals surface area contributed by atoms with E-state index in [4.69, 9.17) is 22.3 Å². The van der Waals surface area contributed by atoms with Gasteiger partial charge < -0.3 is 48.3 Å². The summed E-state index contributed by atoms with van der Waals surface area (Å²) < 4.78 is 0. The van der Waals surface area contributed by atoms with Crippen LogP contribution in [-0.4, -0.2) is 85.8 Å². The van der Waals surface area contributed by atoms with Crippen LogP contribution >= 0.6 is 0 Å². The number of rotatable bonds is 16. The minimum atomic E-state index is -1.71. The van der Waals surface area contributed by atoms with Gasteiger partial charge in [0.15, 0.2) is 0 Å². The molecule has 0 radical (unpaired) electrons. The van der Waals surface area contributed by atoms with E-state index in [2.05, 4.69) is 25.9 Å². The largest absolute Gasteiger partial charge is 0.481 e. The number of nitrogens with zero attached hydrogens (tertiary/aromatic N) is 1. The van der Waals surface area contributed by atoms with Crippen LogP contribution in [0.3, 0.4) is 0 Å². The molecule has 0 saturated heterocycles. The molecule has 0 aliphatic rings. The molecule has 17 heteroatoms. The third-order valence-electron chi connectivity index (χ3n) is 4.68. The Morgan fingerprint density at radius 1 is 0.861 bits per heavy atom. The van der Waals surface area contributed by atoms with Crippen molar-refractivity contribution >= 4 is 41.5 Å². The number of carbonyl (C=O) groups excluding carboxylic acids is 5. The number of hydrogen-bond acceptors (Lipinski definition) is 9. The van der Waals surface area contributed by atoms with Crippen molar-refractivity contribution < 1.29 is 43.8 Å². The standard InChI is InChI=1S/C19H28N8O9/c20-9(4-14(22)29)16(32)26-12(5-15(30)31)18(34)27-11(3-8-6-23-7-24-8)17(33)25-10(19(35)36)1-2-13(21)28/h6-7,9-12H,1-5,20H2,(H2,21,28)(H2,22,29)(H,23,24)(H,25,33)(H,26,32)(H,27,34)(H,30,31)(H,35,36). The van der Waals surface area contributed by atoms with Gasteiger partial charge in [-0.05, 0) is 6.42 Å². The summed E-state index contributed by atoms with van der Waals surface area (Å²) in [6, 6.07) is -6.15. The molecule has 0 aromatic carbocycles. The molecule has 1 rings (SSSR count). The molecule has 17 nitrogen and oxygen atoms in total. The highest BCUT2D eigenvalue weighted by molar-refractivity contribution is 5.96. The molecule has 4 atom stereocenters. The molecule has 1 aromatic rings. The molecular weight excluding hydrogens is 484 g/mol. The fraction of sp³-hybridized carbons (Fsp3) is 0.474. The summed E-state index contributed by atoms with van der Waals surface area (Å²) in [5.74, 6) is -7.78. The first kappa shape index (κ1) is 29.5. The summed E-state index contributed by atoms with van der Waals surface area (Å²) >= 11 is 0. The molecule has 1 heterocycles. The van der Waals surface area contributed by atoms with Crippen molar-refractivity contribution in [3.63, 3.8) is 0 Å². The second-order valence-corrected chi connectivity index (χ2v) is 7.68. The van der Waals surface area contributed by atoms with Crippen LogP contribution in [0, 0.1) is 0 Å². The van der Waals surface area contributed by atoms with Crippen LogP contribution in [0.5, 0.6) is 0 Å². The fourth-order valence-electron chi connectivity index (χ4n) is 2.89. The van der Waals surface area contributed by atoms with Crippen LogP contribution in [0.2, 0.25) is 0 Å². The average Bonchev–Trinajstić information content (AvgIpc) is 3.27. The first-order valence-corrected chi connectivity index (χ1v) is 10.4. The van der Waals surface area contributed by atoms with Gasteiger partial charge in [-0.25, -0.2) is 9.78 Å². The normalized spacial score (nSPS) is 13.9. The molecule has 0 spiro atoms. The first-order valence-electron chi connectivity index (χ1n) is 10.4. The zero-order valence-electron chi connectivity index (χ0n) is 18.9. The lowest BCUT2D eigenvalue weighted by Crippen LogP contribution is -2.58. The Balaban J connectivity index is 3.08. The number of amides is 5. The zero-order chi connectivity index (χ0) is 27.4. The summed E-state index contributed by atoms with van der Waals surface area (Å²) in [6.07, 6.45) is 0.244. The van der Waals surface area contributed by atoms with Crippen LogP contribution in [-0.2, 0) is 40.0 Å². The summed E-state index contributed by atoms with van der Waals surface area (Å²) in [5.41, 5.74) is 15.9. The van der Waals surface area contributed by atoms with E-state index >= 15 is 0 Å². The highest BCUT2D eigenvalue weighted by Crippen LogP contribution is 2.05. The third-order valence-corrected chi connectivity index (χ3v) is 4.68. The number of carbonyl (C=O) groups is 7. The van der Waals surface area contributed by atoms with Crippen molar-refractivity contribution in [2.75, 3.05) is 0 Å². The van der Waals surface area contributed by atoms with Crippen LogP contribution in [0.25, 0.3) is 0 Å². The van der Waals surface area contributed by atoms with Crippen LogP contribution in [0.4, 0.5) is 0 Å². The molecular formula is C19H28N8O9. The van der Waals surface area contributed by atoms with Crippen molar-refractivity contribution in [2.45, 2.75) is 56.3 Å². The maximum absolute atomic E-state index is 12.8. The van der Waals surface area contributed by atoms with Crippen LogP contribution in [0.15, 0.2) is 12.5 Å². The van der Waals surface area contributed by atoms with Crippen LogP contribution in [0.1, 0.15) is 31.4 Å². The van der Waals surface area contributed by atoms with Gasteiger partial charge in [0.25, 0.3) is 0 Å². The van der Waals surface area contributed by atoms with E-state index in [0.717, 1.165) is 0 Å². The maximum atomic E-state index is 12.8. The number of imidazole rings is 1. The Morgan fingerprint density at radius 2 is 1.44 bits per heavy atom. The van der Waals surface area contributed by atoms with E-state index in [1.165, 1.54) is 12.5 Å². The number of carboxylic acids is 2. The van der Waals surface area contributed by atoms with Crippen molar-refractivity contribution in [3.05, 3.63) is 18.2 Å². The highest BCUT2D eigenvalue weighted by atomic mass is 16.4. The van der Waals surface area contributed by atoms with Crippen molar-refractivity contribution in [2.24, 2.45) is 17.2 Å². The highest BCUT2D eigenvalue weighted by Gasteiger charge is 2.32. The second kappa shape index (κ2) is 14.0. The number of carboxylic acid groups (broad SMARTS) is 2. The molecule has 0 aliphatic carbocycles. The number of nitrogens with two attached hydrogens (primary N) is 3. The molecule has 5 amide bonds. The number of hydrogen-bond donors (Lipinski definition) is 9. The van der Waals surface area contributed by atoms with Crippen molar-refractivity contribution in [1.82, 2.24) is 25.9 Å². The number of aromatic nitrogens is 2. The first-order chi connectivity index (χ1) is 16.8. The number of aromatic amines is 1. The van der Waals surface area contributed by atoms with Crippen molar-refractivity contribution in [3.8, 4) is 0 Å². The summed E-state index contributed by atoms with van der Waals surface area (Å²) in [4.78, 5) is 89.0. The lowest BCUT2D eigenvalue weighted by atomic mass is 10.1. The molecule has 36 heavy (non-hydrogen) atoms. The van der Waals surface area contributed by atoms with Crippen molar-refractivity contribution in [1.29, 1.82) is 0 Å². The molecule has 0 bridgehead atoms. The summed E-state index contributed by atoms with van der Waals surface area (Å²) in [6.45, 7) is 0. The van der Waals surface area contributed by atoms with Crippen LogP contribution < -0.4 is 33.2 Å². The van der Waals surface area contributed by atoms with E-state index in [0.29, 0.717) is 5.69 Å². The smallest absolute Gasteiger partial charge is 0.326 e. The van der Waals surface area contributed by atoms with E-state index in [1.54, 1.807) is 0 Å². The van der Waals surface area contributed by atoms with Gasteiger partial charge in [-0.2, -0.15) is 0 Å². The topological polar surface area (TPSA) is 303 Å². The van der Waals surface area contributed by atoms with Gasteiger partial charge in [0.2, 0.25) is 29.5 Å². The molecule has 4 unspecified atom stereocenters. The second-order valence-electron chi connectivity index (χ2n) is 7.68. The number of H-pyrrole nitrogens is 1. The van der Waals surface area contributed by atoms with Gasteiger partial charge in [-0.1, -0.05) is 0 Å². The van der Waals surface area contributed by atoms with Gasteiger partial charge in [0.05, 0.1) is 25.2 Å². The van der Waals surface area contributed by atoms with Gasteiger partial charge >= 0.3 is 11.9 Å². The number of aliphatic carboxylic acids is 2. The van der Waals surface area contributed by atoms with E-state index in [1.807, 2.05) is 0 Å². The van der Waals surface area contributed by atoms with E-state index < -0.39 is 78.5 Å². The van der Waals surface area contributed by atoms with Gasteiger partial charge in [0.1, 0.15) is 18.1 Å². The Hall–Kier alpha value is -4.54. The van der Waals surface area contributed by atoms with E-state index in [-0.39, 0.29) is 19.3 Å². The molecule has 1 aromatic heterocycles. The Labute approximate surface area is 203 Å². The molecule has 0 fully saturated rings. The summed E-state index contributed by atoms with van der Waals surface area (Å²) in [5, 5.41) is 25.0. The Bertz CT molecular complexity index is 982. The third kappa shape index (κ3) is 10.6. The Kier molecular flexibility index (Phi) is 11.5. The molecule has 0 saturated carbocycles. The minimum absolute atomic E-state index is 0.228. The van der Waals surface area contributed by atoms with Gasteiger partial charge in [-0.3, -0.25) is 28.8 Å². The van der Waals surface area contributed by atoms with E-state index in [9.17, 15) is 38.7 Å². The zero-order valence-corrected chi connectivity index (χ0v) is 18.9. The Morgan fingerprint density at radius 3 is 1.94 bits per heavy atom. The average molecular weight is 512 g/mol. The number of primary amides is 2. The fourth-order valence-corrected chi connectivity index (χ4v) is 2.89. The minimum Gasteiger partial charge on any atom is -0.481 e. The summed E-state index contributed by atoms with van der Waals surface area (Å²) in [7, 11) is 0. The SMILES string of the molecule is NC(=O)CCC(NC(=O)C(Cc1cnc[nH]1)NC(=O)C(CC(=O)O)NC(=O)C(N)CC(N)=O)C(=O)O. The predicted octanol–water partition coefficient (Wildman–Crippen LogP) is -4.57. The lowest BCUT2D eigenvalue weighted by Gasteiger charge is -2.24. The molecule has 0 aliphatic heterocycles. The molecule has 12 N–H and O–H groups in total. The lowest BCUT2D eigenvalue weighted by molar-refractivity contribution is -0.143. The number of nitrogens with one attached hydrogen (secondary N) is 4. The quantitative estimate of drug-likeness (QED) is 0.101. The maximum Gasteiger partial charge on any atom is 0.326 e. The van der Waals surface area contributed by atoms with Gasteiger partial charge in [-0.15, -0.1) is 0 Å². The predicted molar refractivity (Wildman–Crippen MR) is 118 cm³/mol.